The van der Waals surface area contributed by atoms with E-state index >= 15 is 0 Å². The molecule has 94 heavy (non-hydrogen) atoms. The third-order valence-corrected chi connectivity index (χ3v) is 14.5. The zero-order valence-electron chi connectivity index (χ0n) is 51.8. The van der Waals surface area contributed by atoms with Crippen LogP contribution >= 0.6 is 21.6 Å². The predicted molar refractivity (Wildman–Crippen MR) is 365 cm³/mol. The van der Waals surface area contributed by atoms with E-state index in [0.29, 0.717) is 67.9 Å². The summed E-state index contributed by atoms with van der Waals surface area (Å²) < 4.78 is 50.3. The summed E-state index contributed by atoms with van der Waals surface area (Å²) in [5.74, 6) is 0.388. The highest BCUT2D eigenvalue weighted by atomic mass is 33.1. The normalized spacial score (nSPS) is 10.4. The van der Waals surface area contributed by atoms with Crippen LogP contribution in [0.3, 0.4) is 0 Å². The fourth-order valence-electron chi connectivity index (χ4n) is 8.17. The molecule has 34 N–H and O–H groups in total. The highest BCUT2D eigenvalue weighted by Gasteiger charge is 2.26. The highest BCUT2D eigenvalue weighted by molar-refractivity contribution is 8.76. The Bertz CT molecular complexity index is 3000. The molecule has 0 spiro atoms. The minimum Gasteiger partial charge on any atom is -0.488 e. The van der Waals surface area contributed by atoms with Gasteiger partial charge in [0, 0.05) is 70.8 Å². The Morgan fingerprint density at radius 1 is 0.309 bits per heavy atom. The molecular formula is C56H88N26O10S2. The van der Waals surface area contributed by atoms with Gasteiger partial charge in [-0.05, 0) is 24.3 Å². The van der Waals surface area contributed by atoms with Gasteiger partial charge in [-0.25, -0.2) is 0 Å². The van der Waals surface area contributed by atoms with E-state index in [-0.39, 0.29) is 214 Å². The Morgan fingerprint density at radius 3 is 0.830 bits per heavy atom. The number of carbonyl (C=O) groups excluding carboxylic acids is 2. The minimum atomic E-state index is -0.281. The Kier molecular flexibility index (Phi) is 33.9. The van der Waals surface area contributed by atoms with E-state index in [0.717, 1.165) is 0 Å². The summed E-state index contributed by atoms with van der Waals surface area (Å²) in [4.78, 5) is 27.0. The molecule has 0 bridgehead atoms. The lowest BCUT2D eigenvalue weighted by Gasteiger charge is -2.23. The third kappa shape index (κ3) is 28.9. The topological polar surface area (TPSA) is 627 Å². The van der Waals surface area contributed by atoms with Gasteiger partial charge in [0.15, 0.2) is 93.7 Å². The largest absolute Gasteiger partial charge is 0.488 e. The number of ether oxygens (including phenoxy) is 8. The van der Waals surface area contributed by atoms with Crippen LogP contribution in [0.15, 0.2) is 60.7 Å². The van der Waals surface area contributed by atoms with E-state index < -0.39 is 0 Å². The number of guanidine groups is 8. The van der Waals surface area contributed by atoms with Gasteiger partial charge < -0.3 is 137 Å². The maximum Gasteiger partial charge on any atom is 0.221 e. The Labute approximate surface area is 551 Å². The Morgan fingerprint density at radius 2 is 0.553 bits per heavy atom. The van der Waals surface area contributed by atoms with Crippen LogP contribution in [0, 0.1) is 43.3 Å². The van der Waals surface area contributed by atoms with Crippen LogP contribution in [-0.4, -0.2) is 176 Å². The average Bonchev–Trinajstić information content (AvgIpc) is 0.791. The number of nitrogens with two attached hydrogens (primary N) is 8. The number of benzene rings is 4. The molecule has 38 heteroatoms. The van der Waals surface area contributed by atoms with E-state index in [2.05, 4.69) is 53.2 Å². The van der Waals surface area contributed by atoms with Crippen molar-refractivity contribution in [2.75, 3.05) is 117 Å². The second kappa shape index (κ2) is 42.2. The van der Waals surface area contributed by atoms with Gasteiger partial charge in [0.2, 0.25) is 11.8 Å². The van der Waals surface area contributed by atoms with E-state index in [1.165, 1.54) is 21.6 Å². The van der Waals surface area contributed by atoms with Crippen molar-refractivity contribution in [3.05, 3.63) is 71.8 Å². The van der Waals surface area contributed by atoms with Gasteiger partial charge >= 0.3 is 0 Å². The molecule has 0 fully saturated rings. The molecule has 0 saturated heterocycles. The van der Waals surface area contributed by atoms with Crippen molar-refractivity contribution in [1.82, 2.24) is 53.2 Å². The first-order chi connectivity index (χ1) is 45.1. The Hall–Kier alpha value is -10.9. The van der Waals surface area contributed by atoms with Crippen molar-refractivity contribution in [2.45, 2.75) is 25.9 Å². The molecule has 0 aliphatic heterocycles. The number of hydrogen-bond donors (Lipinski definition) is 26. The van der Waals surface area contributed by atoms with E-state index in [9.17, 15) is 9.59 Å². The average molecular weight is 1350 g/mol. The van der Waals surface area contributed by atoms with E-state index in [4.69, 9.17) is 127 Å². The first-order valence-electron chi connectivity index (χ1n) is 29.2. The predicted octanol–water partition coefficient (Wildman–Crippen LogP) is -1.99. The molecule has 0 aliphatic rings. The molecule has 0 aliphatic carbocycles. The van der Waals surface area contributed by atoms with Crippen LogP contribution in [0.2, 0.25) is 0 Å². The van der Waals surface area contributed by atoms with Crippen molar-refractivity contribution >= 4 is 81.1 Å². The second-order valence-electron chi connectivity index (χ2n) is 19.3. The van der Waals surface area contributed by atoms with Crippen molar-refractivity contribution in [3.63, 3.8) is 0 Å². The summed E-state index contributed by atoms with van der Waals surface area (Å²) in [5.41, 5.74) is 47.3. The summed E-state index contributed by atoms with van der Waals surface area (Å²) in [6, 6.07) is 17.5. The zero-order chi connectivity index (χ0) is 68.6. The SMILES string of the molecule is N=C(N)NCCOc1cccc(-c2ccc(CNC(=O)CCSSCCC(=O)NCc3ccc(-c4cccc(OCCNC(=N)N)c4OCCNC(=N)N)c(OCCNC(=N)N)c3OCCNC(=N)N)c(OCCNC(=N)N)c2OCCNC(=N)N)c1OCCNC(=N)N. The Balaban J connectivity index is 1.52. The highest BCUT2D eigenvalue weighted by Crippen LogP contribution is 2.48. The lowest BCUT2D eigenvalue weighted by atomic mass is 9.99. The summed E-state index contributed by atoms with van der Waals surface area (Å²) in [5, 5.41) is 88.5. The van der Waals surface area contributed by atoms with Crippen LogP contribution < -0.4 is 137 Å². The standard InChI is InChI=1S/C56H88N26O10S2/c57-49(58)73-13-21-85-39-5-1-3-35(45(39)89-25-17-77-53(65)66)37-9-7-33(43(87-23-15-75-51(61)62)47(37)91-27-19-79-55(69)70)31-81-41(83)11-29-93-94-30-12-42(84)82-32-34-8-10-38(48(92-28-20-80-56(71)72)44(34)88-24-16-76-52(63)64)36-4-2-6-40(86-22-14-74-50(59)60)46(36)90-26-18-78-54(67)68/h1-10H,11-32H2,(H,81,83)(H,82,84)(H4,57,58,73)(H4,59,60,74)(H4,61,62,75)(H4,63,64,76)(H4,65,66,77)(H4,67,68,78)(H4,69,70,79)(H4,71,72,80). The maximum atomic E-state index is 13.5. The van der Waals surface area contributed by atoms with Gasteiger partial charge in [-0.2, -0.15) is 0 Å². The summed E-state index contributed by atoms with van der Waals surface area (Å²) in [6.07, 6.45) is 0.233. The third-order valence-electron chi connectivity index (χ3n) is 12.1. The van der Waals surface area contributed by atoms with Gasteiger partial charge in [-0.1, -0.05) is 58.0 Å². The zero-order valence-corrected chi connectivity index (χ0v) is 53.5. The fourth-order valence-corrected chi connectivity index (χ4v) is 10.2. The monoisotopic (exact) mass is 1350 g/mol. The summed E-state index contributed by atoms with van der Waals surface area (Å²) >= 11 is 0. The van der Waals surface area contributed by atoms with Crippen molar-refractivity contribution < 1.29 is 47.5 Å². The van der Waals surface area contributed by atoms with Gasteiger partial charge in [-0.3, -0.25) is 52.9 Å². The number of rotatable bonds is 45. The molecule has 514 valence electrons. The van der Waals surface area contributed by atoms with Gasteiger partial charge in [0.25, 0.3) is 0 Å². The van der Waals surface area contributed by atoms with Gasteiger partial charge in [-0.15, -0.1) is 0 Å². The second-order valence-corrected chi connectivity index (χ2v) is 22.0. The number of hydrogen-bond acceptors (Lipinski definition) is 20. The fraction of sp³-hybridized carbons (Fsp3) is 0.393. The molecule has 4 aromatic rings. The van der Waals surface area contributed by atoms with E-state index in [1.807, 2.05) is 0 Å². The van der Waals surface area contributed by atoms with Crippen LogP contribution in [0.5, 0.6) is 46.0 Å². The quantitative estimate of drug-likeness (QED) is 0.00986. The molecule has 4 rings (SSSR count). The lowest BCUT2D eigenvalue weighted by Crippen LogP contribution is -2.34. The van der Waals surface area contributed by atoms with Gasteiger partial charge in [0.05, 0.1) is 52.4 Å². The van der Waals surface area contributed by atoms with Crippen LogP contribution in [-0.2, 0) is 22.7 Å². The lowest BCUT2D eigenvalue weighted by molar-refractivity contribution is -0.121. The molecular weight excluding hydrogens is 1260 g/mol. The number of amides is 2. The minimum absolute atomic E-state index is 0.00156. The molecule has 0 unspecified atom stereocenters. The summed E-state index contributed by atoms with van der Waals surface area (Å²) in [7, 11) is 2.83. The maximum absolute atomic E-state index is 13.5. The number of carbonyl (C=O) groups is 2. The van der Waals surface area contributed by atoms with E-state index in [1.54, 1.807) is 60.7 Å². The van der Waals surface area contributed by atoms with Crippen molar-refractivity contribution in [2.24, 2.45) is 45.9 Å². The van der Waals surface area contributed by atoms with Crippen molar-refractivity contribution in [3.8, 4) is 68.2 Å². The molecule has 0 radical (unpaired) electrons. The number of para-hydroxylation sites is 2. The van der Waals surface area contributed by atoms with Crippen molar-refractivity contribution in [1.29, 1.82) is 43.3 Å². The molecule has 2 amide bonds. The smallest absolute Gasteiger partial charge is 0.221 e. The van der Waals surface area contributed by atoms with Crippen LogP contribution in [0.4, 0.5) is 0 Å². The van der Waals surface area contributed by atoms with Crippen LogP contribution in [0.1, 0.15) is 24.0 Å². The molecule has 0 saturated carbocycles. The molecule has 0 heterocycles. The first kappa shape index (κ1) is 75.5. The molecule has 0 atom stereocenters. The van der Waals surface area contributed by atoms with Crippen LogP contribution in [0.25, 0.3) is 22.3 Å². The summed E-state index contributed by atoms with van der Waals surface area (Å²) in [6.45, 7) is 1.61. The molecule has 36 nitrogen and oxygen atoms in total. The number of nitrogens with one attached hydrogen (secondary N) is 18. The first-order valence-corrected chi connectivity index (χ1v) is 31.7. The molecule has 4 aromatic carbocycles. The molecule has 0 aromatic heterocycles. The van der Waals surface area contributed by atoms with Gasteiger partial charge in [0.1, 0.15) is 52.9 Å².